The van der Waals surface area contributed by atoms with Crippen LogP contribution < -0.4 is 10.9 Å². The SMILES string of the molecule is O=C(COC(=O)c1nn(Cc2ccccc2)c(=O)c2ccccc12)NCc1cccs1. The standard InChI is InChI=1S/C23H19N3O4S/c27-20(24-13-17-9-6-12-31-17)15-30-23(29)21-18-10-4-5-11-19(18)22(28)26(25-21)14-16-7-2-1-3-8-16/h1-12H,13-15H2,(H,24,27). The summed E-state index contributed by atoms with van der Waals surface area (Å²) < 4.78 is 6.43. The number of carbonyl (C=O) groups is 2. The number of nitrogens with zero attached hydrogens (tertiary/aromatic N) is 2. The zero-order valence-corrected chi connectivity index (χ0v) is 17.3. The molecule has 2 aromatic heterocycles. The van der Waals surface area contributed by atoms with Crippen molar-refractivity contribution in [3.63, 3.8) is 0 Å². The quantitative estimate of drug-likeness (QED) is 0.453. The summed E-state index contributed by atoms with van der Waals surface area (Å²) in [7, 11) is 0. The average molecular weight is 433 g/mol. The Morgan fingerprint density at radius 2 is 1.71 bits per heavy atom. The zero-order chi connectivity index (χ0) is 21.6. The third-order valence-corrected chi connectivity index (χ3v) is 5.49. The molecule has 0 bridgehead atoms. The number of fused-ring (bicyclic) bond motifs is 1. The Morgan fingerprint density at radius 3 is 2.45 bits per heavy atom. The molecule has 0 atom stereocenters. The molecule has 7 nitrogen and oxygen atoms in total. The van der Waals surface area contributed by atoms with Gasteiger partial charge in [-0.3, -0.25) is 9.59 Å². The minimum atomic E-state index is -0.760. The Morgan fingerprint density at radius 1 is 0.968 bits per heavy atom. The molecule has 0 fully saturated rings. The lowest BCUT2D eigenvalue weighted by molar-refractivity contribution is -0.124. The fourth-order valence-electron chi connectivity index (χ4n) is 3.10. The first-order valence-corrected chi connectivity index (χ1v) is 10.5. The largest absolute Gasteiger partial charge is 0.451 e. The third-order valence-electron chi connectivity index (χ3n) is 4.61. The van der Waals surface area contributed by atoms with Crippen LogP contribution in [0.4, 0.5) is 0 Å². The van der Waals surface area contributed by atoms with E-state index < -0.39 is 18.5 Å². The summed E-state index contributed by atoms with van der Waals surface area (Å²) in [5, 5.41) is 9.63. The molecule has 0 unspecified atom stereocenters. The van der Waals surface area contributed by atoms with Gasteiger partial charge in [0.2, 0.25) is 0 Å². The minimum absolute atomic E-state index is 0.00260. The molecule has 1 N–H and O–H groups in total. The molecule has 2 heterocycles. The number of ether oxygens (including phenoxy) is 1. The van der Waals surface area contributed by atoms with Crippen molar-refractivity contribution in [3.05, 3.63) is 98.6 Å². The number of benzene rings is 2. The van der Waals surface area contributed by atoms with Gasteiger partial charge in [-0.15, -0.1) is 11.3 Å². The van der Waals surface area contributed by atoms with E-state index in [4.69, 9.17) is 4.74 Å². The zero-order valence-electron chi connectivity index (χ0n) is 16.5. The molecule has 2 aromatic carbocycles. The molecule has 0 aliphatic carbocycles. The maximum absolute atomic E-state index is 12.9. The van der Waals surface area contributed by atoms with Gasteiger partial charge in [-0.05, 0) is 23.1 Å². The molecular weight excluding hydrogens is 414 g/mol. The van der Waals surface area contributed by atoms with Gasteiger partial charge in [0, 0.05) is 10.3 Å². The molecule has 156 valence electrons. The Kier molecular flexibility index (Phi) is 6.18. The first-order valence-electron chi connectivity index (χ1n) is 9.62. The van der Waals surface area contributed by atoms with E-state index in [1.165, 1.54) is 16.0 Å². The first-order chi connectivity index (χ1) is 15.1. The fraction of sp³-hybridized carbons (Fsp3) is 0.130. The van der Waals surface area contributed by atoms with Gasteiger partial charge < -0.3 is 10.1 Å². The van der Waals surface area contributed by atoms with Crippen LogP contribution in [-0.2, 0) is 22.6 Å². The Hall–Kier alpha value is -3.78. The Bertz CT molecular complexity index is 1270. The summed E-state index contributed by atoms with van der Waals surface area (Å²) in [5.74, 6) is -1.17. The van der Waals surface area contributed by atoms with Crippen molar-refractivity contribution in [1.29, 1.82) is 0 Å². The molecule has 0 saturated carbocycles. The van der Waals surface area contributed by atoms with Gasteiger partial charge in [0.05, 0.1) is 18.5 Å². The Labute approximate surface area is 181 Å². The summed E-state index contributed by atoms with van der Waals surface area (Å²) in [6, 6.07) is 19.9. The number of hydrogen-bond donors (Lipinski definition) is 1. The van der Waals surface area contributed by atoms with Crippen molar-refractivity contribution in [2.75, 3.05) is 6.61 Å². The predicted molar refractivity (Wildman–Crippen MR) is 118 cm³/mol. The maximum Gasteiger partial charge on any atom is 0.359 e. The second kappa shape index (κ2) is 9.36. The summed E-state index contributed by atoms with van der Waals surface area (Å²) in [6.07, 6.45) is 0. The van der Waals surface area contributed by atoms with Gasteiger partial charge in [-0.2, -0.15) is 5.10 Å². The van der Waals surface area contributed by atoms with E-state index in [2.05, 4.69) is 10.4 Å². The minimum Gasteiger partial charge on any atom is -0.451 e. The molecule has 1 amide bonds. The normalized spacial score (nSPS) is 10.7. The van der Waals surface area contributed by atoms with Crippen molar-refractivity contribution in [2.45, 2.75) is 13.1 Å². The van der Waals surface area contributed by atoms with Crippen LogP contribution in [0.2, 0.25) is 0 Å². The summed E-state index contributed by atoms with van der Waals surface area (Å²) in [6.45, 7) is 0.154. The lowest BCUT2D eigenvalue weighted by Gasteiger charge is -2.11. The topological polar surface area (TPSA) is 90.3 Å². The highest BCUT2D eigenvalue weighted by molar-refractivity contribution is 7.09. The number of rotatable bonds is 7. The number of esters is 1. The highest BCUT2D eigenvalue weighted by atomic mass is 32.1. The molecule has 0 aliphatic rings. The van der Waals surface area contributed by atoms with Crippen LogP contribution in [0.25, 0.3) is 10.8 Å². The summed E-state index contributed by atoms with van der Waals surface area (Å²) >= 11 is 1.53. The smallest absolute Gasteiger partial charge is 0.359 e. The van der Waals surface area contributed by atoms with E-state index in [9.17, 15) is 14.4 Å². The number of nitrogens with one attached hydrogen (secondary N) is 1. The van der Waals surface area contributed by atoms with E-state index in [-0.39, 0.29) is 17.8 Å². The van der Waals surface area contributed by atoms with Crippen LogP contribution in [0.5, 0.6) is 0 Å². The fourth-order valence-corrected chi connectivity index (χ4v) is 3.74. The molecule has 8 heteroatoms. The van der Waals surface area contributed by atoms with Crippen LogP contribution in [-0.4, -0.2) is 28.3 Å². The van der Waals surface area contributed by atoms with Crippen molar-refractivity contribution < 1.29 is 14.3 Å². The van der Waals surface area contributed by atoms with Crippen LogP contribution in [0.15, 0.2) is 76.9 Å². The first kappa shape index (κ1) is 20.5. The Balaban J connectivity index is 1.54. The highest BCUT2D eigenvalue weighted by Crippen LogP contribution is 2.15. The number of hydrogen-bond acceptors (Lipinski definition) is 6. The number of amides is 1. The van der Waals surface area contributed by atoms with Crippen LogP contribution in [0, 0.1) is 0 Å². The number of carbonyl (C=O) groups excluding carboxylic acids is 2. The predicted octanol–water partition coefficient (Wildman–Crippen LogP) is 2.98. The van der Waals surface area contributed by atoms with Gasteiger partial charge >= 0.3 is 5.97 Å². The van der Waals surface area contributed by atoms with Gasteiger partial charge in [0.1, 0.15) is 0 Å². The third kappa shape index (κ3) is 4.87. The summed E-state index contributed by atoms with van der Waals surface area (Å²) in [5.41, 5.74) is 0.571. The maximum atomic E-state index is 12.9. The molecule has 31 heavy (non-hydrogen) atoms. The van der Waals surface area contributed by atoms with Crippen molar-refractivity contribution in [1.82, 2.24) is 15.1 Å². The molecule has 4 rings (SSSR count). The molecule has 4 aromatic rings. The number of thiophene rings is 1. The second-order valence-corrected chi connectivity index (χ2v) is 7.81. The molecule has 0 spiro atoms. The molecule has 0 radical (unpaired) electrons. The van der Waals surface area contributed by atoms with Crippen molar-refractivity contribution in [2.24, 2.45) is 0 Å². The monoisotopic (exact) mass is 433 g/mol. The van der Waals surface area contributed by atoms with Crippen molar-refractivity contribution >= 4 is 34.0 Å². The van der Waals surface area contributed by atoms with Crippen molar-refractivity contribution in [3.8, 4) is 0 Å². The average Bonchev–Trinajstić information content (AvgIpc) is 3.32. The van der Waals surface area contributed by atoms with Crippen LogP contribution in [0.1, 0.15) is 20.9 Å². The molecule has 0 aliphatic heterocycles. The van der Waals surface area contributed by atoms with Gasteiger partial charge in [0.25, 0.3) is 11.5 Å². The van der Waals surface area contributed by atoms with E-state index in [1.807, 2.05) is 47.8 Å². The second-order valence-electron chi connectivity index (χ2n) is 6.77. The lowest BCUT2D eigenvalue weighted by atomic mass is 10.1. The van der Waals surface area contributed by atoms with Gasteiger partial charge in [-0.1, -0.05) is 54.6 Å². The van der Waals surface area contributed by atoms with Gasteiger partial charge in [0.15, 0.2) is 12.3 Å². The van der Waals surface area contributed by atoms with Crippen LogP contribution in [0.3, 0.4) is 0 Å². The number of aromatic nitrogens is 2. The van der Waals surface area contributed by atoms with Gasteiger partial charge in [-0.25, -0.2) is 9.48 Å². The van der Waals surface area contributed by atoms with E-state index >= 15 is 0 Å². The van der Waals surface area contributed by atoms with E-state index in [1.54, 1.807) is 24.3 Å². The van der Waals surface area contributed by atoms with E-state index in [0.29, 0.717) is 17.3 Å². The van der Waals surface area contributed by atoms with E-state index in [0.717, 1.165) is 10.4 Å². The summed E-state index contributed by atoms with van der Waals surface area (Å²) in [4.78, 5) is 38.6. The highest BCUT2D eigenvalue weighted by Gasteiger charge is 2.19. The molecular formula is C23H19N3O4S. The van der Waals surface area contributed by atoms with Crippen LogP contribution >= 0.6 is 11.3 Å². The lowest BCUT2D eigenvalue weighted by Crippen LogP contribution is -2.30. The molecule has 0 saturated heterocycles.